The lowest BCUT2D eigenvalue weighted by atomic mass is 10.2. The van der Waals surface area contributed by atoms with Crippen LogP contribution in [0.1, 0.15) is 58.3 Å². The summed E-state index contributed by atoms with van der Waals surface area (Å²) < 4.78 is 4.27. The van der Waals surface area contributed by atoms with Gasteiger partial charge in [0.1, 0.15) is 6.42 Å². The molecule has 0 aromatic heterocycles. The number of hydrogen-bond donors (Lipinski definition) is 1. The number of aliphatic carboxylic acids is 1. The van der Waals surface area contributed by atoms with Crippen LogP contribution < -0.4 is 0 Å². The van der Waals surface area contributed by atoms with Crippen LogP contribution in [0.4, 0.5) is 0 Å². The molecule has 0 spiro atoms. The molecule has 0 amide bonds. The average molecular weight is 429 g/mol. The van der Waals surface area contributed by atoms with E-state index in [4.69, 9.17) is 5.11 Å². The first kappa shape index (κ1) is 27.7. The van der Waals surface area contributed by atoms with Crippen molar-refractivity contribution in [1.82, 2.24) is 0 Å². The van der Waals surface area contributed by atoms with Crippen molar-refractivity contribution in [1.29, 1.82) is 0 Å². The maximum absolute atomic E-state index is 11.4. The van der Waals surface area contributed by atoms with Gasteiger partial charge in [-0.25, -0.2) is 4.79 Å². The smallest absolute Gasteiger partial charge is 0.382 e. The van der Waals surface area contributed by atoms with E-state index in [2.05, 4.69) is 60.3 Å². The van der Waals surface area contributed by atoms with E-state index < -0.39 is 30.1 Å². The fraction of sp³-hybridized carbons (Fsp3) is 0.360. The zero-order valence-corrected chi connectivity index (χ0v) is 18.1. The van der Waals surface area contributed by atoms with Crippen molar-refractivity contribution in [2.75, 3.05) is 0 Å². The van der Waals surface area contributed by atoms with E-state index >= 15 is 0 Å². The summed E-state index contributed by atoms with van der Waals surface area (Å²) in [6.07, 6.45) is 28.5. The zero-order chi connectivity index (χ0) is 23.2. The minimum absolute atomic E-state index is 0.170. The molecular formula is C25H32O6. The van der Waals surface area contributed by atoms with Crippen molar-refractivity contribution >= 4 is 23.7 Å². The quantitative estimate of drug-likeness (QED) is 0.157. The van der Waals surface area contributed by atoms with Crippen molar-refractivity contribution in [2.24, 2.45) is 0 Å². The Labute approximate surface area is 184 Å². The van der Waals surface area contributed by atoms with Crippen molar-refractivity contribution in [2.45, 2.75) is 58.3 Å². The molecular weight excluding hydrogens is 396 g/mol. The summed E-state index contributed by atoms with van der Waals surface area (Å²) in [5.41, 5.74) is 0. The fourth-order valence-corrected chi connectivity index (χ4v) is 2.11. The molecule has 0 aliphatic rings. The molecule has 0 bridgehead atoms. The molecule has 6 nitrogen and oxygen atoms in total. The maximum Gasteiger partial charge on any atom is 0.382 e. The highest BCUT2D eigenvalue weighted by Crippen LogP contribution is 1.98. The highest BCUT2D eigenvalue weighted by Gasteiger charge is 2.21. The van der Waals surface area contributed by atoms with Gasteiger partial charge in [-0.15, -0.1) is 0 Å². The standard InChI is InChI=1S/C25H32O6/c1-2-3-4-5-6-7-8-9-10-11-12-13-14-15-16-17-18-19-20-24(29)31-25(30)22(26)21-23(27)28/h3-4,6-7,9-10,12-13,15-16,18-19H,2,5,8,11,14,17,20-21H2,1H3,(H,27,28). The van der Waals surface area contributed by atoms with Gasteiger partial charge in [-0.2, -0.15) is 0 Å². The third kappa shape index (κ3) is 19.8. The lowest BCUT2D eigenvalue weighted by molar-refractivity contribution is -0.165. The second kappa shape index (κ2) is 20.0. The van der Waals surface area contributed by atoms with Crippen LogP contribution in [-0.2, 0) is 23.9 Å². The van der Waals surface area contributed by atoms with E-state index in [0.29, 0.717) is 6.42 Å². The lowest BCUT2D eigenvalue weighted by Crippen LogP contribution is -2.23. The van der Waals surface area contributed by atoms with E-state index in [1.807, 2.05) is 12.2 Å². The van der Waals surface area contributed by atoms with Crippen molar-refractivity contribution in [3.63, 3.8) is 0 Å². The number of carbonyl (C=O) groups excluding carboxylic acids is 3. The first-order chi connectivity index (χ1) is 15.0. The molecule has 0 atom stereocenters. The normalized spacial score (nSPS) is 12.3. The third-order valence-corrected chi connectivity index (χ3v) is 3.63. The minimum atomic E-state index is -1.45. The second-order valence-corrected chi connectivity index (χ2v) is 6.37. The van der Waals surface area contributed by atoms with Crippen molar-refractivity contribution in [3.05, 3.63) is 72.9 Å². The van der Waals surface area contributed by atoms with Crippen LogP contribution in [0.15, 0.2) is 72.9 Å². The summed E-state index contributed by atoms with van der Waals surface area (Å²) in [6, 6.07) is 0. The molecule has 0 aliphatic carbocycles. The molecule has 0 aromatic rings. The Morgan fingerprint density at radius 3 is 1.42 bits per heavy atom. The Morgan fingerprint density at radius 1 is 0.645 bits per heavy atom. The van der Waals surface area contributed by atoms with Gasteiger partial charge in [0.05, 0.1) is 6.42 Å². The predicted octanol–water partition coefficient (Wildman–Crippen LogP) is 5.19. The fourth-order valence-electron chi connectivity index (χ4n) is 2.11. The van der Waals surface area contributed by atoms with E-state index in [1.54, 1.807) is 6.08 Å². The molecule has 0 heterocycles. The summed E-state index contributed by atoms with van der Waals surface area (Å²) in [5, 5.41) is 8.40. The van der Waals surface area contributed by atoms with Crippen LogP contribution in [0.5, 0.6) is 0 Å². The Kier molecular flexibility index (Phi) is 17.9. The number of hydrogen-bond acceptors (Lipinski definition) is 5. The maximum atomic E-state index is 11.4. The number of rotatable bonds is 16. The number of ether oxygens (including phenoxy) is 1. The van der Waals surface area contributed by atoms with Crippen LogP contribution in [0.3, 0.4) is 0 Å². The number of carbonyl (C=O) groups is 4. The van der Waals surface area contributed by atoms with Gasteiger partial charge in [0.25, 0.3) is 5.78 Å². The minimum Gasteiger partial charge on any atom is -0.481 e. The van der Waals surface area contributed by atoms with Gasteiger partial charge in [-0.3, -0.25) is 14.4 Å². The molecule has 1 N–H and O–H groups in total. The Balaban J connectivity index is 3.80. The molecule has 0 saturated heterocycles. The van der Waals surface area contributed by atoms with E-state index in [9.17, 15) is 19.2 Å². The van der Waals surface area contributed by atoms with Gasteiger partial charge in [-0.05, 0) is 38.5 Å². The Bertz CT molecular complexity index is 735. The summed E-state index contributed by atoms with van der Waals surface area (Å²) in [7, 11) is 0. The van der Waals surface area contributed by atoms with Crippen LogP contribution in [0, 0.1) is 0 Å². The Morgan fingerprint density at radius 2 is 1.03 bits per heavy atom. The van der Waals surface area contributed by atoms with E-state index in [-0.39, 0.29) is 6.42 Å². The number of Topliss-reactive ketones (excluding diaryl/α,β-unsaturated/α-hetero) is 1. The summed E-state index contributed by atoms with van der Waals surface area (Å²) in [4.78, 5) is 44.0. The molecule has 31 heavy (non-hydrogen) atoms. The lowest BCUT2D eigenvalue weighted by Gasteiger charge is -1.98. The third-order valence-electron chi connectivity index (χ3n) is 3.63. The van der Waals surface area contributed by atoms with Gasteiger partial charge in [-0.1, -0.05) is 79.8 Å². The van der Waals surface area contributed by atoms with Crippen LogP contribution in [0.2, 0.25) is 0 Å². The van der Waals surface area contributed by atoms with Gasteiger partial charge in [0.15, 0.2) is 0 Å². The molecule has 0 saturated carbocycles. The number of carboxylic acids is 1. The molecule has 6 heteroatoms. The molecule has 0 aliphatic heterocycles. The SMILES string of the molecule is CCC=CCC=CCC=CCC=CCC=CCC=CCC(=O)OC(=O)C(=O)CC(=O)O. The first-order valence-corrected chi connectivity index (χ1v) is 10.4. The van der Waals surface area contributed by atoms with Crippen LogP contribution in [0.25, 0.3) is 0 Å². The number of ketones is 1. The number of allylic oxidation sites excluding steroid dienone is 11. The second-order valence-electron chi connectivity index (χ2n) is 6.37. The molecule has 0 unspecified atom stereocenters. The van der Waals surface area contributed by atoms with Crippen LogP contribution >= 0.6 is 0 Å². The van der Waals surface area contributed by atoms with Gasteiger partial charge in [0.2, 0.25) is 0 Å². The molecule has 0 fully saturated rings. The molecule has 0 aromatic carbocycles. The summed E-state index contributed by atoms with van der Waals surface area (Å²) in [5.74, 6) is -5.06. The van der Waals surface area contributed by atoms with Gasteiger partial charge < -0.3 is 9.84 Å². The van der Waals surface area contributed by atoms with E-state index in [1.165, 1.54) is 6.08 Å². The number of carboxylic acid groups (broad SMARTS) is 1. The zero-order valence-electron chi connectivity index (χ0n) is 18.1. The largest absolute Gasteiger partial charge is 0.481 e. The van der Waals surface area contributed by atoms with Crippen molar-refractivity contribution in [3.8, 4) is 0 Å². The molecule has 0 rings (SSSR count). The molecule has 168 valence electrons. The average Bonchev–Trinajstić information content (AvgIpc) is 2.72. The van der Waals surface area contributed by atoms with E-state index in [0.717, 1.165) is 32.1 Å². The summed E-state index contributed by atoms with van der Waals surface area (Å²) >= 11 is 0. The number of esters is 2. The van der Waals surface area contributed by atoms with Crippen molar-refractivity contribution < 1.29 is 29.0 Å². The monoisotopic (exact) mass is 428 g/mol. The summed E-state index contributed by atoms with van der Waals surface area (Å²) in [6.45, 7) is 2.12. The highest BCUT2D eigenvalue weighted by atomic mass is 16.6. The highest BCUT2D eigenvalue weighted by molar-refractivity contribution is 6.37. The van der Waals surface area contributed by atoms with Gasteiger partial charge >= 0.3 is 17.9 Å². The molecule has 0 radical (unpaired) electrons. The first-order valence-electron chi connectivity index (χ1n) is 10.4. The topological polar surface area (TPSA) is 97.7 Å². The predicted molar refractivity (Wildman–Crippen MR) is 121 cm³/mol. The Hall–Kier alpha value is -3.28. The van der Waals surface area contributed by atoms with Crippen LogP contribution in [-0.4, -0.2) is 28.8 Å². The van der Waals surface area contributed by atoms with Gasteiger partial charge in [0, 0.05) is 0 Å².